The highest BCUT2D eigenvalue weighted by Gasteiger charge is 2.01. The number of pyridine rings is 1. The number of aromatic nitrogens is 1. The van der Waals surface area contributed by atoms with Gasteiger partial charge in [-0.05, 0) is 17.7 Å². The Morgan fingerprint density at radius 1 is 1.29 bits per heavy atom. The first-order chi connectivity index (χ1) is 6.77. The Morgan fingerprint density at radius 3 is 2.93 bits per heavy atom. The molecule has 1 aromatic heterocycles. The average Bonchev–Trinajstić information content (AvgIpc) is 2.18. The minimum atomic E-state index is 0.515. The molecule has 1 aromatic carbocycles. The number of hydrogen-bond donors (Lipinski definition) is 1. The summed E-state index contributed by atoms with van der Waals surface area (Å²) in [5.74, 6) is 0. The van der Waals surface area contributed by atoms with Crippen molar-refractivity contribution in [3.8, 4) is 0 Å². The van der Waals surface area contributed by atoms with Crippen molar-refractivity contribution in [2.75, 3.05) is 0 Å². The van der Waals surface area contributed by atoms with Gasteiger partial charge in [0.25, 0.3) is 0 Å². The summed E-state index contributed by atoms with van der Waals surface area (Å²) < 4.78 is 0. The second-order valence-electron chi connectivity index (χ2n) is 3.13. The van der Waals surface area contributed by atoms with Gasteiger partial charge in [0.15, 0.2) is 0 Å². The van der Waals surface area contributed by atoms with Gasteiger partial charge >= 0.3 is 0 Å². The molecule has 2 nitrogen and oxygen atoms in total. The van der Waals surface area contributed by atoms with Gasteiger partial charge in [-0.2, -0.15) is 0 Å². The van der Waals surface area contributed by atoms with Crippen LogP contribution in [-0.2, 0) is 6.42 Å². The first kappa shape index (κ1) is 9.09. The highest BCUT2D eigenvalue weighted by atomic mass is 32.1. The van der Waals surface area contributed by atoms with Gasteiger partial charge in [-0.3, -0.25) is 4.98 Å². The molecule has 0 aliphatic carbocycles. The highest BCUT2D eigenvalue weighted by Crippen LogP contribution is 2.16. The van der Waals surface area contributed by atoms with Gasteiger partial charge in [-0.1, -0.05) is 30.4 Å². The van der Waals surface area contributed by atoms with Gasteiger partial charge in [0.2, 0.25) is 0 Å². The Bertz CT molecular complexity index is 474. The number of hydrogen-bond acceptors (Lipinski definition) is 2. The Balaban J connectivity index is 2.59. The van der Waals surface area contributed by atoms with E-state index < -0.39 is 0 Å². The fourth-order valence-corrected chi connectivity index (χ4v) is 1.66. The largest absolute Gasteiger partial charge is 0.393 e. The molecule has 0 saturated carbocycles. The van der Waals surface area contributed by atoms with Crippen LogP contribution < -0.4 is 5.73 Å². The summed E-state index contributed by atoms with van der Waals surface area (Å²) in [6.45, 7) is 0. The lowest BCUT2D eigenvalue weighted by Crippen LogP contribution is -2.11. The van der Waals surface area contributed by atoms with E-state index in [0.29, 0.717) is 11.4 Å². The molecular formula is C11H10N2S. The van der Waals surface area contributed by atoms with Gasteiger partial charge in [-0.25, -0.2) is 0 Å². The summed E-state index contributed by atoms with van der Waals surface area (Å²) in [6.07, 6.45) is 2.42. The molecular weight excluding hydrogens is 192 g/mol. The predicted molar refractivity (Wildman–Crippen MR) is 62.2 cm³/mol. The Labute approximate surface area is 87.8 Å². The van der Waals surface area contributed by atoms with E-state index in [2.05, 4.69) is 4.98 Å². The molecule has 0 amide bonds. The quantitative estimate of drug-likeness (QED) is 0.758. The maximum Gasteiger partial charge on any atom is 0.0771 e. The molecule has 14 heavy (non-hydrogen) atoms. The van der Waals surface area contributed by atoms with Crippen LogP contribution in [0.25, 0.3) is 10.9 Å². The van der Waals surface area contributed by atoms with Crippen molar-refractivity contribution in [2.24, 2.45) is 5.73 Å². The molecule has 0 spiro atoms. The lowest BCUT2D eigenvalue weighted by molar-refractivity contribution is 1.33. The number of nitrogens with two attached hydrogens (primary N) is 1. The molecule has 0 fully saturated rings. The van der Waals surface area contributed by atoms with E-state index in [1.165, 1.54) is 0 Å². The zero-order valence-corrected chi connectivity index (χ0v) is 8.42. The lowest BCUT2D eigenvalue weighted by atomic mass is 10.1. The topological polar surface area (TPSA) is 38.9 Å². The van der Waals surface area contributed by atoms with E-state index in [1.54, 1.807) is 6.20 Å². The van der Waals surface area contributed by atoms with Crippen LogP contribution >= 0.6 is 12.2 Å². The molecule has 1 heterocycles. The van der Waals surface area contributed by atoms with Gasteiger partial charge in [-0.15, -0.1) is 0 Å². The molecule has 0 aliphatic heterocycles. The summed E-state index contributed by atoms with van der Waals surface area (Å²) in [4.78, 5) is 4.78. The summed E-state index contributed by atoms with van der Waals surface area (Å²) in [6, 6.07) is 9.95. The van der Waals surface area contributed by atoms with E-state index in [9.17, 15) is 0 Å². The fourth-order valence-electron chi connectivity index (χ4n) is 1.51. The third kappa shape index (κ3) is 1.72. The van der Waals surface area contributed by atoms with Crippen molar-refractivity contribution in [1.29, 1.82) is 0 Å². The molecule has 2 rings (SSSR count). The molecule has 0 radical (unpaired) electrons. The third-order valence-electron chi connectivity index (χ3n) is 2.10. The van der Waals surface area contributed by atoms with Crippen molar-refractivity contribution < 1.29 is 0 Å². The molecule has 0 aliphatic rings. The number of fused-ring (bicyclic) bond motifs is 1. The van der Waals surface area contributed by atoms with E-state index >= 15 is 0 Å². The van der Waals surface area contributed by atoms with Crippen molar-refractivity contribution >= 4 is 28.1 Å². The zero-order chi connectivity index (χ0) is 9.97. The van der Waals surface area contributed by atoms with Crippen molar-refractivity contribution in [1.82, 2.24) is 4.98 Å². The SMILES string of the molecule is NC(=S)Cc1cccc2ncccc12. The summed E-state index contributed by atoms with van der Waals surface area (Å²) >= 11 is 4.90. The number of benzene rings is 1. The predicted octanol–water partition coefficient (Wildman–Crippen LogP) is 2.06. The summed E-state index contributed by atoms with van der Waals surface area (Å²) in [7, 11) is 0. The number of rotatable bonds is 2. The Morgan fingerprint density at radius 2 is 2.14 bits per heavy atom. The monoisotopic (exact) mass is 202 g/mol. The second-order valence-corrected chi connectivity index (χ2v) is 3.65. The van der Waals surface area contributed by atoms with Crippen LogP contribution in [0.15, 0.2) is 36.5 Å². The van der Waals surface area contributed by atoms with E-state index in [0.717, 1.165) is 16.5 Å². The first-order valence-electron chi connectivity index (χ1n) is 4.38. The van der Waals surface area contributed by atoms with E-state index in [1.807, 2.05) is 30.3 Å². The van der Waals surface area contributed by atoms with Crippen LogP contribution in [0.2, 0.25) is 0 Å². The van der Waals surface area contributed by atoms with E-state index in [4.69, 9.17) is 18.0 Å². The molecule has 0 atom stereocenters. The van der Waals surface area contributed by atoms with Crippen LogP contribution in [0, 0.1) is 0 Å². The van der Waals surface area contributed by atoms with Gasteiger partial charge in [0.05, 0.1) is 10.5 Å². The summed E-state index contributed by atoms with van der Waals surface area (Å²) in [5.41, 5.74) is 7.66. The zero-order valence-electron chi connectivity index (χ0n) is 7.60. The van der Waals surface area contributed by atoms with Crippen molar-refractivity contribution in [3.63, 3.8) is 0 Å². The Hall–Kier alpha value is -1.48. The minimum absolute atomic E-state index is 0.515. The lowest BCUT2D eigenvalue weighted by Gasteiger charge is -2.03. The molecule has 0 saturated heterocycles. The third-order valence-corrected chi connectivity index (χ3v) is 2.25. The minimum Gasteiger partial charge on any atom is -0.393 e. The Kier molecular flexibility index (Phi) is 2.41. The van der Waals surface area contributed by atoms with Gasteiger partial charge in [0, 0.05) is 18.0 Å². The molecule has 0 unspecified atom stereocenters. The van der Waals surface area contributed by atoms with Gasteiger partial charge in [0.1, 0.15) is 0 Å². The highest BCUT2D eigenvalue weighted by molar-refractivity contribution is 7.80. The number of nitrogens with zero attached hydrogens (tertiary/aromatic N) is 1. The van der Waals surface area contributed by atoms with Crippen LogP contribution in [0.3, 0.4) is 0 Å². The van der Waals surface area contributed by atoms with Crippen LogP contribution in [0.4, 0.5) is 0 Å². The smallest absolute Gasteiger partial charge is 0.0771 e. The average molecular weight is 202 g/mol. The molecule has 0 bridgehead atoms. The van der Waals surface area contributed by atoms with Crippen LogP contribution in [0.5, 0.6) is 0 Å². The van der Waals surface area contributed by atoms with E-state index in [-0.39, 0.29) is 0 Å². The van der Waals surface area contributed by atoms with Gasteiger partial charge < -0.3 is 5.73 Å². The molecule has 70 valence electrons. The maximum absolute atomic E-state index is 5.53. The molecule has 2 N–H and O–H groups in total. The van der Waals surface area contributed by atoms with Crippen LogP contribution in [0.1, 0.15) is 5.56 Å². The second kappa shape index (κ2) is 3.72. The fraction of sp³-hybridized carbons (Fsp3) is 0.0909. The normalized spacial score (nSPS) is 10.3. The van der Waals surface area contributed by atoms with Crippen molar-refractivity contribution in [2.45, 2.75) is 6.42 Å². The van der Waals surface area contributed by atoms with Crippen molar-refractivity contribution in [3.05, 3.63) is 42.1 Å². The standard InChI is InChI=1S/C11H10N2S/c12-11(14)7-8-3-1-5-10-9(8)4-2-6-13-10/h1-6H,7H2,(H2,12,14). The molecule has 2 aromatic rings. The first-order valence-corrected chi connectivity index (χ1v) is 4.79. The maximum atomic E-state index is 5.53. The molecule has 3 heteroatoms. The van der Waals surface area contributed by atoms with Crippen LogP contribution in [-0.4, -0.2) is 9.97 Å². The summed E-state index contributed by atoms with van der Waals surface area (Å²) in [5, 5.41) is 1.13. The number of thiocarbonyl (C=S) groups is 1.